The Hall–Kier alpha value is -1.05. The molecular formula is C17H17Cl2F. The lowest BCUT2D eigenvalue weighted by atomic mass is 9.78. The van der Waals surface area contributed by atoms with Gasteiger partial charge in [0, 0.05) is 17.2 Å². The Morgan fingerprint density at radius 2 is 1.45 bits per heavy atom. The molecule has 20 heavy (non-hydrogen) atoms. The Morgan fingerprint density at radius 3 is 1.95 bits per heavy atom. The van der Waals surface area contributed by atoms with Crippen LogP contribution in [0.3, 0.4) is 0 Å². The summed E-state index contributed by atoms with van der Waals surface area (Å²) in [4.78, 5) is 0. The predicted octanol–water partition coefficient (Wildman–Crippen LogP) is 5.09. The highest BCUT2D eigenvalue weighted by Gasteiger charge is 2.30. The lowest BCUT2D eigenvalue weighted by Crippen LogP contribution is -2.33. The molecule has 2 aromatic carbocycles. The topological polar surface area (TPSA) is 0 Å². The van der Waals surface area contributed by atoms with Crippen LogP contribution in [0.25, 0.3) is 0 Å². The molecule has 0 aliphatic rings. The average Bonchev–Trinajstić information content (AvgIpc) is 2.48. The first-order valence-electron chi connectivity index (χ1n) is 6.53. The molecule has 0 heterocycles. The summed E-state index contributed by atoms with van der Waals surface area (Å²) in [7, 11) is 0. The minimum Gasteiger partial charge on any atom is -0.207 e. The molecule has 0 fully saturated rings. The smallest absolute Gasteiger partial charge is 0.123 e. The van der Waals surface area contributed by atoms with Gasteiger partial charge >= 0.3 is 0 Å². The lowest BCUT2D eigenvalue weighted by Gasteiger charge is -2.30. The minimum atomic E-state index is -0.325. The van der Waals surface area contributed by atoms with Crippen LogP contribution in [0.4, 0.5) is 4.39 Å². The van der Waals surface area contributed by atoms with Crippen molar-refractivity contribution in [2.75, 3.05) is 11.8 Å². The normalized spacial score (nSPS) is 11.6. The third-order valence-corrected chi connectivity index (χ3v) is 4.65. The zero-order valence-electron chi connectivity index (χ0n) is 11.4. The van der Waals surface area contributed by atoms with Crippen LogP contribution >= 0.6 is 23.2 Å². The van der Waals surface area contributed by atoms with E-state index in [2.05, 4.69) is 24.3 Å². The highest BCUT2D eigenvalue weighted by atomic mass is 35.5. The number of aryl methyl sites for hydroxylation is 1. The van der Waals surface area contributed by atoms with Gasteiger partial charge in [-0.2, -0.15) is 0 Å². The van der Waals surface area contributed by atoms with Gasteiger partial charge in [-0.05, 0) is 36.6 Å². The first-order valence-corrected chi connectivity index (χ1v) is 7.60. The van der Waals surface area contributed by atoms with Crippen molar-refractivity contribution >= 4 is 23.2 Å². The van der Waals surface area contributed by atoms with E-state index in [1.807, 2.05) is 6.92 Å². The number of hydrogen-bond acceptors (Lipinski definition) is 0. The number of rotatable bonds is 5. The van der Waals surface area contributed by atoms with Crippen molar-refractivity contribution in [3.63, 3.8) is 0 Å². The van der Waals surface area contributed by atoms with Gasteiger partial charge in [-0.15, -0.1) is 23.2 Å². The fraction of sp³-hybridized carbons (Fsp3) is 0.294. The van der Waals surface area contributed by atoms with Gasteiger partial charge in [0.05, 0.1) is 0 Å². The van der Waals surface area contributed by atoms with Crippen molar-refractivity contribution in [3.05, 3.63) is 71.0 Å². The molecule has 0 aliphatic heterocycles. The van der Waals surface area contributed by atoms with Crippen molar-refractivity contribution in [1.29, 1.82) is 0 Å². The second-order valence-corrected chi connectivity index (χ2v) is 5.75. The van der Waals surface area contributed by atoms with Crippen LogP contribution in [0.15, 0.2) is 48.5 Å². The number of hydrogen-bond donors (Lipinski definition) is 0. The molecule has 0 atom stereocenters. The zero-order valence-corrected chi connectivity index (χ0v) is 12.9. The van der Waals surface area contributed by atoms with Crippen LogP contribution in [-0.4, -0.2) is 11.8 Å². The van der Waals surface area contributed by atoms with E-state index in [4.69, 9.17) is 23.2 Å². The van der Waals surface area contributed by atoms with Crippen LogP contribution in [0.1, 0.15) is 16.7 Å². The summed E-state index contributed by atoms with van der Waals surface area (Å²) in [5, 5.41) is 0. The van der Waals surface area contributed by atoms with Gasteiger partial charge in [0.2, 0.25) is 0 Å². The summed E-state index contributed by atoms with van der Waals surface area (Å²) in [6.45, 7) is 2.05. The van der Waals surface area contributed by atoms with Gasteiger partial charge in [0.15, 0.2) is 0 Å². The van der Waals surface area contributed by atoms with E-state index in [1.54, 1.807) is 12.1 Å². The fourth-order valence-corrected chi connectivity index (χ4v) is 3.07. The van der Waals surface area contributed by atoms with E-state index in [0.29, 0.717) is 18.2 Å². The van der Waals surface area contributed by atoms with Gasteiger partial charge in [-0.1, -0.05) is 42.0 Å². The monoisotopic (exact) mass is 310 g/mol. The largest absolute Gasteiger partial charge is 0.207 e. The average molecular weight is 311 g/mol. The molecule has 0 radical (unpaired) electrons. The zero-order chi connectivity index (χ0) is 14.6. The van der Waals surface area contributed by atoms with Gasteiger partial charge in [0.1, 0.15) is 5.82 Å². The first-order chi connectivity index (χ1) is 9.59. The van der Waals surface area contributed by atoms with Gasteiger partial charge in [-0.3, -0.25) is 0 Å². The summed E-state index contributed by atoms with van der Waals surface area (Å²) in [6.07, 6.45) is 0.698. The molecule has 0 aliphatic carbocycles. The summed E-state index contributed by atoms with van der Waals surface area (Å²) >= 11 is 12.4. The van der Waals surface area contributed by atoms with Crippen LogP contribution < -0.4 is 0 Å². The van der Waals surface area contributed by atoms with E-state index < -0.39 is 0 Å². The Bertz CT molecular complexity index is 542. The van der Waals surface area contributed by atoms with Gasteiger partial charge in [0.25, 0.3) is 0 Å². The summed E-state index contributed by atoms with van der Waals surface area (Å²) in [6, 6.07) is 14.8. The molecular weight excluding hydrogens is 294 g/mol. The first kappa shape index (κ1) is 15.3. The summed E-state index contributed by atoms with van der Waals surface area (Å²) < 4.78 is 13.0. The molecule has 3 heteroatoms. The quantitative estimate of drug-likeness (QED) is 0.675. The molecule has 0 saturated carbocycles. The number of benzene rings is 2. The minimum absolute atomic E-state index is 0.230. The standard InChI is InChI=1S/C17H17Cl2F/c1-13-2-6-15(7-3-13)17(11-18,12-19)10-14-4-8-16(20)9-5-14/h2-9H,10-12H2,1H3. The molecule has 0 saturated heterocycles. The maximum atomic E-state index is 13.0. The van der Waals surface area contributed by atoms with Crippen molar-refractivity contribution in [3.8, 4) is 0 Å². The Morgan fingerprint density at radius 1 is 0.900 bits per heavy atom. The third kappa shape index (κ3) is 3.34. The molecule has 0 spiro atoms. The van der Waals surface area contributed by atoms with Crippen molar-refractivity contribution < 1.29 is 4.39 Å². The lowest BCUT2D eigenvalue weighted by molar-refractivity contribution is 0.535. The Kier molecular flexibility index (Phi) is 5.06. The summed E-state index contributed by atoms with van der Waals surface area (Å²) in [5.41, 5.74) is 3.04. The van der Waals surface area contributed by atoms with Crippen LogP contribution in [0.5, 0.6) is 0 Å². The third-order valence-electron chi connectivity index (χ3n) is 3.63. The molecule has 0 N–H and O–H groups in total. The van der Waals surface area contributed by atoms with E-state index in [-0.39, 0.29) is 11.2 Å². The molecule has 2 rings (SSSR count). The SMILES string of the molecule is Cc1ccc(C(CCl)(CCl)Cc2ccc(F)cc2)cc1. The van der Waals surface area contributed by atoms with Crippen LogP contribution in [-0.2, 0) is 11.8 Å². The highest BCUT2D eigenvalue weighted by molar-refractivity contribution is 6.22. The molecule has 2 aromatic rings. The van der Waals surface area contributed by atoms with Crippen LogP contribution in [0.2, 0.25) is 0 Å². The van der Waals surface area contributed by atoms with E-state index in [0.717, 1.165) is 11.1 Å². The number of halogens is 3. The molecule has 106 valence electrons. The maximum Gasteiger partial charge on any atom is 0.123 e. The Labute approximate surface area is 129 Å². The van der Waals surface area contributed by atoms with Crippen LogP contribution in [0, 0.1) is 12.7 Å². The Balaban J connectivity index is 2.33. The van der Waals surface area contributed by atoms with Crippen molar-refractivity contribution in [1.82, 2.24) is 0 Å². The highest BCUT2D eigenvalue weighted by Crippen LogP contribution is 2.32. The number of alkyl halides is 2. The second kappa shape index (κ2) is 6.60. The predicted molar refractivity (Wildman–Crippen MR) is 84.4 cm³/mol. The van der Waals surface area contributed by atoms with Gasteiger partial charge in [-0.25, -0.2) is 4.39 Å². The molecule has 0 amide bonds. The molecule has 0 bridgehead atoms. The molecule has 0 nitrogen and oxygen atoms in total. The molecule has 0 unspecified atom stereocenters. The van der Waals surface area contributed by atoms with Crippen molar-refractivity contribution in [2.24, 2.45) is 0 Å². The van der Waals surface area contributed by atoms with E-state index in [1.165, 1.54) is 17.7 Å². The summed E-state index contributed by atoms with van der Waals surface area (Å²) in [5.74, 6) is 0.625. The van der Waals surface area contributed by atoms with Gasteiger partial charge < -0.3 is 0 Å². The molecule has 0 aromatic heterocycles. The maximum absolute atomic E-state index is 13.0. The van der Waals surface area contributed by atoms with Crippen molar-refractivity contribution in [2.45, 2.75) is 18.8 Å². The van der Waals surface area contributed by atoms with E-state index >= 15 is 0 Å². The van der Waals surface area contributed by atoms with E-state index in [9.17, 15) is 4.39 Å². The second-order valence-electron chi connectivity index (χ2n) is 5.22. The fourth-order valence-electron chi connectivity index (χ4n) is 2.29.